The summed E-state index contributed by atoms with van der Waals surface area (Å²) in [4.78, 5) is 22.6. The van der Waals surface area contributed by atoms with Gasteiger partial charge in [-0.2, -0.15) is 0 Å². The van der Waals surface area contributed by atoms with Gasteiger partial charge >= 0.3 is 11.9 Å². The van der Waals surface area contributed by atoms with Gasteiger partial charge in [0.05, 0.1) is 13.2 Å². The van der Waals surface area contributed by atoms with Crippen molar-refractivity contribution in [3.05, 3.63) is 11.6 Å². The van der Waals surface area contributed by atoms with Crippen LogP contribution in [0.1, 0.15) is 27.2 Å². The van der Waals surface area contributed by atoms with Gasteiger partial charge in [-0.15, -0.1) is 0 Å². The molecule has 2 N–H and O–H groups in total. The molecular weight excluding hydrogens is 212 g/mol. The van der Waals surface area contributed by atoms with Crippen LogP contribution in [-0.2, 0) is 14.3 Å². The fourth-order valence-corrected chi connectivity index (χ4v) is 1.16. The molecule has 5 heteroatoms. The highest BCUT2D eigenvalue weighted by molar-refractivity contribution is 5.90. The van der Waals surface area contributed by atoms with E-state index < -0.39 is 30.6 Å². The summed E-state index contributed by atoms with van der Waals surface area (Å²) in [6, 6.07) is 0. The van der Waals surface area contributed by atoms with Crippen molar-refractivity contribution in [2.45, 2.75) is 27.2 Å². The Hall–Kier alpha value is -1.20. The highest BCUT2D eigenvalue weighted by Gasteiger charge is 2.38. The van der Waals surface area contributed by atoms with Crippen LogP contribution in [0.2, 0.25) is 0 Å². The van der Waals surface area contributed by atoms with E-state index in [2.05, 4.69) is 4.74 Å². The molecule has 5 nitrogen and oxygen atoms in total. The van der Waals surface area contributed by atoms with Crippen molar-refractivity contribution >= 4 is 11.9 Å². The van der Waals surface area contributed by atoms with Crippen LogP contribution in [0.4, 0.5) is 0 Å². The van der Waals surface area contributed by atoms with Gasteiger partial charge in [0.25, 0.3) is 0 Å². The maximum absolute atomic E-state index is 11.6. The zero-order chi connectivity index (χ0) is 12.8. The molecule has 0 aliphatic heterocycles. The average Bonchev–Trinajstić information content (AvgIpc) is 2.25. The first-order valence-corrected chi connectivity index (χ1v) is 5.04. The maximum atomic E-state index is 11.6. The van der Waals surface area contributed by atoms with Crippen molar-refractivity contribution in [3.63, 3.8) is 0 Å². The van der Waals surface area contributed by atoms with E-state index in [1.807, 2.05) is 0 Å². The van der Waals surface area contributed by atoms with Gasteiger partial charge in [0, 0.05) is 6.42 Å². The molecular formula is C11H18O5. The Balaban J connectivity index is 4.97. The highest BCUT2D eigenvalue weighted by atomic mass is 16.6. The lowest BCUT2D eigenvalue weighted by atomic mass is 9.88. The van der Waals surface area contributed by atoms with Gasteiger partial charge in [-0.25, -0.2) is 0 Å². The van der Waals surface area contributed by atoms with Crippen molar-refractivity contribution in [2.75, 3.05) is 13.2 Å². The molecule has 16 heavy (non-hydrogen) atoms. The predicted molar refractivity (Wildman–Crippen MR) is 57.4 cm³/mol. The molecule has 0 fully saturated rings. The van der Waals surface area contributed by atoms with E-state index in [0.29, 0.717) is 0 Å². The highest BCUT2D eigenvalue weighted by Crippen LogP contribution is 2.22. The summed E-state index contributed by atoms with van der Waals surface area (Å²) in [5.74, 6) is -1.61. The van der Waals surface area contributed by atoms with Crippen LogP contribution in [0.15, 0.2) is 11.6 Å². The molecule has 0 bridgehead atoms. The summed E-state index contributed by atoms with van der Waals surface area (Å²) in [5, 5.41) is 18.3. The normalized spacial score (nSPS) is 10.8. The zero-order valence-corrected chi connectivity index (χ0v) is 9.82. The second kappa shape index (κ2) is 6.40. The molecule has 0 radical (unpaired) electrons. The molecule has 0 unspecified atom stereocenters. The fraction of sp³-hybridized carbons (Fsp3) is 0.636. The Labute approximate surface area is 94.7 Å². The van der Waals surface area contributed by atoms with Crippen LogP contribution in [0.25, 0.3) is 0 Å². The predicted octanol–water partition coefficient (Wildman–Crippen LogP) is 0.403. The number of aliphatic hydroxyl groups is 2. The van der Waals surface area contributed by atoms with E-state index in [-0.39, 0.29) is 6.42 Å². The van der Waals surface area contributed by atoms with Gasteiger partial charge in [0.2, 0.25) is 0 Å². The maximum Gasteiger partial charge on any atom is 0.328 e. The summed E-state index contributed by atoms with van der Waals surface area (Å²) in [7, 11) is 0. The van der Waals surface area contributed by atoms with Crippen LogP contribution in [0, 0.1) is 5.41 Å². The molecule has 0 aromatic carbocycles. The van der Waals surface area contributed by atoms with Crippen molar-refractivity contribution < 1.29 is 24.5 Å². The zero-order valence-electron chi connectivity index (χ0n) is 9.82. The van der Waals surface area contributed by atoms with Crippen LogP contribution in [0.3, 0.4) is 0 Å². The average molecular weight is 230 g/mol. The first-order valence-electron chi connectivity index (χ1n) is 5.04. The third kappa shape index (κ3) is 3.75. The topological polar surface area (TPSA) is 83.8 Å². The number of allylic oxidation sites excluding steroid dienone is 1. The van der Waals surface area contributed by atoms with Gasteiger partial charge in [-0.05, 0) is 13.8 Å². The Kier molecular flexibility index (Phi) is 5.92. The molecule has 0 atom stereocenters. The number of rotatable bonds is 5. The van der Waals surface area contributed by atoms with Gasteiger partial charge in [0.15, 0.2) is 0 Å². The minimum Gasteiger partial charge on any atom is -0.395 e. The lowest BCUT2D eigenvalue weighted by molar-refractivity contribution is -0.168. The van der Waals surface area contributed by atoms with Crippen molar-refractivity contribution in [1.29, 1.82) is 0 Å². The number of hydrogen-bond acceptors (Lipinski definition) is 5. The fourth-order valence-electron chi connectivity index (χ4n) is 1.16. The monoisotopic (exact) mass is 230 g/mol. The second-order valence-electron chi connectivity index (χ2n) is 3.81. The first kappa shape index (κ1) is 14.8. The Bertz CT molecular complexity index is 285. The van der Waals surface area contributed by atoms with E-state index in [1.54, 1.807) is 20.8 Å². The van der Waals surface area contributed by atoms with E-state index in [4.69, 9.17) is 10.2 Å². The molecule has 0 aliphatic rings. The smallest absolute Gasteiger partial charge is 0.328 e. The van der Waals surface area contributed by atoms with Gasteiger partial charge < -0.3 is 14.9 Å². The molecule has 0 rings (SSSR count). The van der Waals surface area contributed by atoms with Crippen molar-refractivity contribution in [1.82, 2.24) is 0 Å². The van der Waals surface area contributed by atoms with Crippen LogP contribution in [0.5, 0.6) is 0 Å². The molecule has 0 amide bonds. The van der Waals surface area contributed by atoms with E-state index >= 15 is 0 Å². The minimum absolute atomic E-state index is 0.0630. The number of aliphatic hydroxyl groups excluding tert-OH is 2. The third-order valence-electron chi connectivity index (χ3n) is 2.03. The van der Waals surface area contributed by atoms with Crippen LogP contribution in [-0.4, -0.2) is 35.4 Å². The Morgan fingerprint density at radius 1 is 1.25 bits per heavy atom. The minimum atomic E-state index is -1.54. The van der Waals surface area contributed by atoms with Crippen LogP contribution < -0.4 is 0 Å². The summed E-state index contributed by atoms with van der Waals surface area (Å²) in [5.41, 5.74) is -0.798. The SMILES string of the molecule is CCC(=O)OC(=O)C(C=C(C)C)(CO)CO. The molecule has 0 heterocycles. The Morgan fingerprint density at radius 2 is 1.75 bits per heavy atom. The number of ether oxygens (including phenoxy) is 1. The molecule has 0 spiro atoms. The number of carbonyl (C=O) groups is 2. The summed E-state index contributed by atoms with van der Waals surface area (Å²) >= 11 is 0. The molecule has 0 aromatic heterocycles. The van der Waals surface area contributed by atoms with Crippen LogP contribution >= 0.6 is 0 Å². The molecule has 0 saturated heterocycles. The molecule has 92 valence electrons. The number of hydrogen-bond donors (Lipinski definition) is 2. The lowest BCUT2D eigenvalue weighted by Gasteiger charge is -2.23. The Morgan fingerprint density at radius 3 is 2.06 bits per heavy atom. The van der Waals surface area contributed by atoms with Crippen molar-refractivity contribution in [2.24, 2.45) is 5.41 Å². The molecule has 0 aliphatic carbocycles. The number of carbonyl (C=O) groups excluding carboxylic acids is 2. The van der Waals surface area contributed by atoms with E-state index in [1.165, 1.54) is 6.08 Å². The van der Waals surface area contributed by atoms with E-state index in [0.717, 1.165) is 5.57 Å². The third-order valence-corrected chi connectivity index (χ3v) is 2.03. The second-order valence-corrected chi connectivity index (χ2v) is 3.81. The molecule has 0 aromatic rings. The lowest BCUT2D eigenvalue weighted by Crippen LogP contribution is -2.39. The quantitative estimate of drug-likeness (QED) is 0.406. The van der Waals surface area contributed by atoms with Gasteiger partial charge in [-0.3, -0.25) is 9.59 Å². The molecule has 0 saturated carbocycles. The van der Waals surface area contributed by atoms with Crippen molar-refractivity contribution in [3.8, 4) is 0 Å². The summed E-state index contributed by atoms with van der Waals surface area (Å²) in [6.45, 7) is 3.77. The summed E-state index contributed by atoms with van der Waals surface area (Å²) < 4.78 is 4.51. The van der Waals surface area contributed by atoms with E-state index in [9.17, 15) is 9.59 Å². The first-order chi connectivity index (χ1) is 7.41. The standard InChI is InChI=1S/C11H18O5/c1-4-9(14)16-10(15)11(6-12,7-13)5-8(2)3/h5,12-13H,4,6-7H2,1-3H3. The summed E-state index contributed by atoms with van der Waals surface area (Å²) in [6.07, 6.45) is 1.46. The van der Waals surface area contributed by atoms with Gasteiger partial charge in [-0.1, -0.05) is 18.6 Å². The number of esters is 2. The van der Waals surface area contributed by atoms with Gasteiger partial charge in [0.1, 0.15) is 5.41 Å². The largest absolute Gasteiger partial charge is 0.395 e.